The Hall–Kier alpha value is -2.11. The lowest BCUT2D eigenvalue weighted by Crippen LogP contribution is -2.11. The van der Waals surface area contributed by atoms with E-state index < -0.39 is 0 Å². The van der Waals surface area contributed by atoms with Gasteiger partial charge in [0.2, 0.25) is 0 Å². The fraction of sp³-hybridized carbons (Fsp3) is 0.111. The van der Waals surface area contributed by atoms with Crippen LogP contribution in [0.3, 0.4) is 0 Å². The molecule has 122 valence electrons. The topological polar surface area (TPSA) is 39.4 Å². The van der Waals surface area contributed by atoms with Crippen molar-refractivity contribution in [3.8, 4) is 0 Å². The summed E-state index contributed by atoms with van der Waals surface area (Å²) >= 11 is 9.38. The molecule has 0 bridgehead atoms. The molecule has 3 rings (SSSR count). The molecule has 0 spiro atoms. The first kappa shape index (κ1) is 16.7. The lowest BCUT2D eigenvalue weighted by atomic mass is 10.1. The van der Waals surface area contributed by atoms with E-state index in [2.05, 4.69) is 26.1 Å². The summed E-state index contributed by atoms with van der Waals surface area (Å²) in [6.07, 6.45) is 5.38. The first-order valence-corrected chi connectivity index (χ1v) is 8.53. The zero-order valence-electron chi connectivity index (χ0n) is 12.8. The van der Waals surface area contributed by atoms with Crippen LogP contribution in [0.2, 0.25) is 5.02 Å². The predicted octanol–water partition coefficient (Wildman–Crippen LogP) is 4.92. The highest BCUT2D eigenvalue weighted by Crippen LogP contribution is 2.13. The van der Waals surface area contributed by atoms with Crippen molar-refractivity contribution in [3.63, 3.8) is 0 Å². The average molecular weight is 405 g/mol. The number of hydrogen-bond donors (Lipinski definition) is 0. The van der Waals surface area contributed by atoms with Crippen molar-refractivity contribution in [1.29, 1.82) is 0 Å². The van der Waals surface area contributed by atoms with Crippen molar-refractivity contribution in [2.75, 3.05) is 0 Å². The summed E-state index contributed by atoms with van der Waals surface area (Å²) in [5.74, 6) is 0. The highest BCUT2D eigenvalue weighted by Gasteiger charge is 2.06. The molecule has 0 aliphatic carbocycles. The van der Waals surface area contributed by atoms with Crippen LogP contribution in [0.5, 0.6) is 0 Å². The summed E-state index contributed by atoms with van der Waals surface area (Å²) < 4.78 is 2.98. The van der Waals surface area contributed by atoms with Crippen molar-refractivity contribution < 1.29 is 4.84 Å². The highest BCUT2D eigenvalue weighted by atomic mass is 79.9. The van der Waals surface area contributed by atoms with Crippen LogP contribution in [-0.2, 0) is 18.0 Å². The normalized spacial score (nSPS) is 11.5. The number of rotatable bonds is 6. The number of nitrogens with zero attached hydrogens (tertiary/aromatic N) is 3. The van der Waals surface area contributed by atoms with Gasteiger partial charge in [-0.25, -0.2) is 4.98 Å². The molecule has 0 aliphatic rings. The maximum Gasteiger partial charge on any atom is 0.142 e. The number of aromatic nitrogens is 2. The van der Waals surface area contributed by atoms with Crippen LogP contribution in [0.25, 0.3) is 0 Å². The first-order chi connectivity index (χ1) is 11.7. The molecule has 0 atom stereocenters. The third-order valence-corrected chi connectivity index (χ3v) is 4.17. The van der Waals surface area contributed by atoms with Crippen LogP contribution in [0.4, 0.5) is 0 Å². The Morgan fingerprint density at radius 2 is 1.88 bits per heavy atom. The maximum absolute atomic E-state index is 5.97. The maximum atomic E-state index is 5.97. The third kappa shape index (κ3) is 4.69. The first-order valence-electron chi connectivity index (χ1n) is 7.36. The Morgan fingerprint density at radius 3 is 2.54 bits per heavy atom. The van der Waals surface area contributed by atoms with Crippen molar-refractivity contribution in [2.24, 2.45) is 5.16 Å². The Kier molecular flexibility index (Phi) is 5.67. The van der Waals surface area contributed by atoms with Crippen molar-refractivity contribution in [1.82, 2.24) is 9.55 Å². The standard InChI is InChI=1S/C18H15BrClN3O/c19-16-5-1-14(2-6-16)12-24-22-18(11-23-10-9-21-13-23)15-3-7-17(20)8-4-15/h1-10,13H,11-12H2/b22-18+. The quantitative estimate of drug-likeness (QED) is 0.432. The Morgan fingerprint density at radius 1 is 1.12 bits per heavy atom. The van der Waals surface area contributed by atoms with E-state index in [1.807, 2.05) is 59.3 Å². The van der Waals surface area contributed by atoms with Crippen LogP contribution < -0.4 is 0 Å². The van der Waals surface area contributed by atoms with E-state index in [-0.39, 0.29) is 0 Å². The van der Waals surface area contributed by atoms with Gasteiger partial charge in [0.15, 0.2) is 0 Å². The molecule has 0 N–H and O–H groups in total. The summed E-state index contributed by atoms with van der Waals surface area (Å²) in [4.78, 5) is 9.62. The summed E-state index contributed by atoms with van der Waals surface area (Å²) in [6, 6.07) is 15.5. The van der Waals surface area contributed by atoms with Gasteiger partial charge in [-0.05, 0) is 29.8 Å². The van der Waals surface area contributed by atoms with Crippen LogP contribution in [0.1, 0.15) is 11.1 Å². The predicted molar refractivity (Wildman–Crippen MR) is 99.1 cm³/mol. The average Bonchev–Trinajstić information content (AvgIpc) is 3.10. The summed E-state index contributed by atoms with van der Waals surface area (Å²) in [5, 5.41) is 5.02. The minimum absolute atomic E-state index is 0.411. The van der Waals surface area contributed by atoms with Crippen molar-refractivity contribution in [2.45, 2.75) is 13.2 Å². The molecule has 1 heterocycles. The van der Waals surface area contributed by atoms with Gasteiger partial charge in [-0.1, -0.05) is 57.0 Å². The molecular weight excluding hydrogens is 390 g/mol. The summed E-state index contributed by atoms with van der Waals surface area (Å²) in [6.45, 7) is 0.982. The molecule has 1 aromatic heterocycles. The van der Waals surface area contributed by atoms with Crippen LogP contribution >= 0.6 is 27.5 Å². The molecule has 0 unspecified atom stereocenters. The van der Waals surface area contributed by atoms with Gasteiger partial charge in [0.05, 0.1) is 12.9 Å². The van der Waals surface area contributed by atoms with Gasteiger partial charge < -0.3 is 9.40 Å². The summed E-state index contributed by atoms with van der Waals surface area (Å²) in [7, 11) is 0. The van der Waals surface area contributed by atoms with Gasteiger partial charge in [-0.3, -0.25) is 0 Å². The molecule has 6 heteroatoms. The second-order valence-electron chi connectivity index (χ2n) is 5.18. The van der Waals surface area contributed by atoms with Gasteiger partial charge in [0.25, 0.3) is 0 Å². The lowest BCUT2D eigenvalue weighted by Gasteiger charge is -2.08. The molecule has 2 aromatic carbocycles. The zero-order valence-corrected chi connectivity index (χ0v) is 15.1. The van der Waals surface area contributed by atoms with Crippen LogP contribution in [0.15, 0.2) is 76.9 Å². The van der Waals surface area contributed by atoms with Gasteiger partial charge in [0.1, 0.15) is 12.3 Å². The minimum Gasteiger partial charge on any atom is -0.391 e. The number of hydrogen-bond acceptors (Lipinski definition) is 3. The number of benzene rings is 2. The van der Waals surface area contributed by atoms with Gasteiger partial charge in [0, 0.05) is 27.5 Å². The summed E-state index contributed by atoms with van der Waals surface area (Å²) in [5.41, 5.74) is 2.82. The van der Waals surface area contributed by atoms with Gasteiger partial charge in [-0.2, -0.15) is 0 Å². The van der Waals surface area contributed by atoms with Crippen molar-refractivity contribution in [3.05, 3.63) is 87.9 Å². The smallest absolute Gasteiger partial charge is 0.142 e. The van der Waals surface area contributed by atoms with Crippen molar-refractivity contribution >= 4 is 33.2 Å². The molecule has 24 heavy (non-hydrogen) atoms. The van der Waals surface area contributed by atoms with E-state index in [1.165, 1.54) is 0 Å². The van der Waals surface area contributed by atoms with Crippen LogP contribution in [0, 0.1) is 0 Å². The monoisotopic (exact) mass is 403 g/mol. The van der Waals surface area contributed by atoms with E-state index in [9.17, 15) is 0 Å². The molecule has 0 fully saturated rings. The lowest BCUT2D eigenvalue weighted by molar-refractivity contribution is 0.130. The number of oxime groups is 1. The fourth-order valence-corrected chi connectivity index (χ4v) is 2.52. The largest absolute Gasteiger partial charge is 0.391 e. The molecule has 0 saturated heterocycles. The molecule has 3 aromatic rings. The number of imidazole rings is 1. The molecule has 0 amide bonds. The van der Waals surface area contributed by atoms with E-state index >= 15 is 0 Å². The Balaban J connectivity index is 1.75. The van der Waals surface area contributed by atoms with E-state index in [0.717, 1.165) is 21.3 Å². The fourth-order valence-electron chi connectivity index (χ4n) is 2.13. The molecular formula is C18H15BrClN3O. The highest BCUT2D eigenvalue weighted by molar-refractivity contribution is 9.10. The Bertz CT molecular complexity index is 799. The minimum atomic E-state index is 0.411. The zero-order chi connectivity index (χ0) is 16.8. The Labute approximate surface area is 153 Å². The SMILES string of the molecule is Clc1ccc(/C(Cn2ccnc2)=N/OCc2ccc(Br)cc2)cc1. The molecule has 0 aliphatic heterocycles. The second kappa shape index (κ2) is 8.13. The van der Waals surface area contributed by atoms with E-state index in [4.69, 9.17) is 16.4 Å². The van der Waals surface area contributed by atoms with E-state index in [1.54, 1.807) is 12.5 Å². The van der Waals surface area contributed by atoms with Crippen LogP contribution in [-0.4, -0.2) is 15.3 Å². The molecule has 4 nitrogen and oxygen atoms in total. The third-order valence-electron chi connectivity index (χ3n) is 3.39. The van der Waals surface area contributed by atoms with E-state index in [0.29, 0.717) is 18.2 Å². The molecule has 0 saturated carbocycles. The van der Waals surface area contributed by atoms with Gasteiger partial charge in [-0.15, -0.1) is 0 Å². The number of halogens is 2. The second-order valence-corrected chi connectivity index (χ2v) is 6.53. The molecule has 0 radical (unpaired) electrons. The van der Waals surface area contributed by atoms with Gasteiger partial charge >= 0.3 is 0 Å².